The molecule has 37 heavy (non-hydrogen) atoms. The number of pyridine rings is 1. The minimum Gasteiger partial charge on any atom is -0.365 e. The summed E-state index contributed by atoms with van der Waals surface area (Å²) >= 11 is 0. The molecule has 11 heteroatoms. The van der Waals surface area contributed by atoms with Gasteiger partial charge in [-0.05, 0) is 18.9 Å². The first-order chi connectivity index (χ1) is 18.0. The smallest absolute Gasteiger partial charge is 0.270 e. The molecule has 2 aliphatic heterocycles. The highest BCUT2D eigenvalue weighted by Crippen LogP contribution is 2.35. The van der Waals surface area contributed by atoms with Crippen LogP contribution in [0.3, 0.4) is 0 Å². The van der Waals surface area contributed by atoms with E-state index in [1.165, 1.54) is 6.07 Å². The number of piperazine rings is 1. The summed E-state index contributed by atoms with van der Waals surface area (Å²) in [5, 5.41) is 7.19. The number of halogens is 1. The first-order valence-corrected chi connectivity index (χ1v) is 13.2. The molecule has 0 atom stereocenters. The van der Waals surface area contributed by atoms with Crippen LogP contribution >= 0.6 is 0 Å². The van der Waals surface area contributed by atoms with Crippen LogP contribution in [0.15, 0.2) is 24.5 Å². The first kappa shape index (κ1) is 24.1. The molecule has 1 amide bonds. The molecule has 196 valence electrons. The maximum absolute atomic E-state index is 15.1. The zero-order valence-corrected chi connectivity index (χ0v) is 21.5. The first-order valence-electron chi connectivity index (χ1n) is 13.2. The van der Waals surface area contributed by atoms with Gasteiger partial charge >= 0.3 is 0 Å². The normalized spacial score (nSPS) is 19.4. The van der Waals surface area contributed by atoms with Crippen LogP contribution in [0, 0.1) is 5.82 Å². The lowest BCUT2D eigenvalue weighted by Gasteiger charge is -2.43. The summed E-state index contributed by atoms with van der Waals surface area (Å²) in [6.45, 7) is 5.52. The van der Waals surface area contributed by atoms with Crippen molar-refractivity contribution in [3.8, 4) is 0 Å². The minimum absolute atomic E-state index is 0.0519. The van der Waals surface area contributed by atoms with E-state index in [9.17, 15) is 4.79 Å². The average molecular weight is 508 g/mol. The number of rotatable bonds is 6. The van der Waals surface area contributed by atoms with E-state index in [1.807, 2.05) is 6.07 Å². The van der Waals surface area contributed by atoms with Crippen LogP contribution in [0.1, 0.15) is 42.2 Å². The molecule has 2 saturated heterocycles. The number of anilines is 3. The van der Waals surface area contributed by atoms with Crippen molar-refractivity contribution in [2.75, 3.05) is 63.6 Å². The van der Waals surface area contributed by atoms with Crippen molar-refractivity contribution in [1.29, 1.82) is 0 Å². The molecule has 1 aliphatic carbocycles. The lowest BCUT2D eigenvalue weighted by molar-refractivity contribution is 0.0815. The second-order valence-electron chi connectivity index (χ2n) is 10.5. The maximum atomic E-state index is 15.1. The van der Waals surface area contributed by atoms with E-state index >= 15 is 4.39 Å². The molecule has 6 rings (SSSR count). The van der Waals surface area contributed by atoms with Crippen molar-refractivity contribution < 1.29 is 9.18 Å². The number of amides is 1. The summed E-state index contributed by atoms with van der Waals surface area (Å²) < 4.78 is 17.2. The van der Waals surface area contributed by atoms with Crippen LogP contribution in [0.2, 0.25) is 0 Å². The van der Waals surface area contributed by atoms with Crippen LogP contribution in [0.25, 0.3) is 11.0 Å². The molecular weight excluding hydrogens is 473 g/mol. The number of fused-ring (bicyclic) bond motifs is 1. The predicted octanol–water partition coefficient (Wildman–Crippen LogP) is 2.62. The van der Waals surface area contributed by atoms with Gasteiger partial charge in [-0.3, -0.25) is 9.69 Å². The van der Waals surface area contributed by atoms with Gasteiger partial charge in [-0.1, -0.05) is 12.8 Å². The van der Waals surface area contributed by atoms with Crippen LogP contribution < -0.4 is 15.5 Å². The minimum atomic E-state index is -0.314. The zero-order valence-electron chi connectivity index (χ0n) is 21.5. The maximum Gasteiger partial charge on any atom is 0.270 e. The molecule has 10 nitrogen and oxygen atoms in total. The Balaban J connectivity index is 1.22. The summed E-state index contributed by atoms with van der Waals surface area (Å²) in [5.41, 5.74) is 1.86. The highest BCUT2D eigenvalue weighted by Gasteiger charge is 2.29. The molecule has 3 aromatic rings. The molecular formula is C26H34FN9O. The monoisotopic (exact) mass is 507 g/mol. The van der Waals surface area contributed by atoms with E-state index in [-0.39, 0.29) is 17.8 Å². The third-order valence-corrected chi connectivity index (χ3v) is 7.90. The highest BCUT2D eigenvalue weighted by molar-refractivity contribution is 5.97. The summed E-state index contributed by atoms with van der Waals surface area (Å²) in [5.74, 6) is 0.314. The topological polar surface area (TPSA) is 94.5 Å². The molecule has 0 radical (unpaired) electrons. The Morgan fingerprint density at radius 1 is 1.05 bits per heavy atom. The largest absolute Gasteiger partial charge is 0.365 e. The molecule has 3 fully saturated rings. The zero-order chi connectivity index (χ0) is 25.5. The van der Waals surface area contributed by atoms with Gasteiger partial charge in [0.1, 0.15) is 17.2 Å². The molecule has 0 spiro atoms. The van der Waals surface area contributed by atoms with Crippen molar-refractivity contribution in [1.82, 2.24) is 34.6 Å². The summed E-state index contributed by atoms with van der Waals surface area (Å²) in [4.78, 5) is 32.7. The molecule has 3 aliphatic rings. The molecule has 1 saturated carbocycles. The third kappa shape index (κ3) is 4.61. The Bertz CT molecular complexity index is 1290. The SMILES string of the molecule is CN(C)C(=O)c1cc2cnc(Nc3cc(F)c(N4CCN(C5CNC5)CC4)cn3)nc2n1C1CCCC1. The van der Waals surface area contributed by atoms with Crippen molar-refractivity contribution in [2.45, 2.75) is 37.8 Å². The second-order valence-corrected chi connectivity index (χ2v) is 10.5. The molecule has 3 aromatic heterocycles. The number of nitrogens with zero attached hydrogens (tertiary/aromatic N) is 7. The Labute approximate surface area is 215 Å². The Morgan fingerprint density at radius 3 is 2.46 bits per heavy atom. The number of carbonyl (C=O) groups is 1. The van der Waals surface area contributed by atoms with Crippen LogP contribution in [0.5, 0.6) is 0 Å². The average Bonchev–Trinajstić information content (AvgIpc) is 3.51. The van der Waals surface area contributed by atoms with Crippen LogP contribution in [-0.4, -0.2) is 94.6 Å². The van der Waals surface area contributed by atoms with Gasteiger partial charge in [0.2, 0.25) is 5.95 Å². The fraction of sp³-hybridized carbons (Fsp3) is 0.538. The van der Waals surface area contributed by atoms with Crippen molar-refractivity contribution in [3.05, 3.63) is 36.0 Å². The van der Waals surface area contributed by atoms with Crippen molar-refractivity contribution in [3.63, 3.8) is 0 Å². The van der Waals surface area contributed by atoms with Gasteiger partial charge in [0.15, 0.2) is 5.82 Å². The van der Waals surface area contributed by atoms with E-state index in [0.717, 1.165) is 70.3 Å². The summed E-state index contributed by atoms with van der Waals surface area (Å²) in [6, 6.07) is 4.12. The van der Waals surface area contributed by atoms with Crippen LogP contribution in [-0.2, 0) is 0 Å². The number of hydrogen-bond donors (Lipinski definition) is 2. The number of nitrogens with one attached hydrogen (secondary N) is 2. The summed E-state index contributed by atoms with van der Waals surface area (Å²) in [7, 11) is 3.51. The standard InChI is InChI=1S/C26H34FN9O/c1-33(2)25(37)21-11-17-13-30-26(32-24(17)36(21)18-5-3-4-6-18)31-23-12-20(27)22(16-29-23)35-9-7-34(8-10-35)19-14-28-15-19/h11-13,16,18-19,28H,3-10,14-15H2,1-2H3,(H,29,30,31,32). The van der Waals surface area contributed by atoms with Crippen molar-refractivity contribution >= 4 is 34.4 Å². The van der Waals surface area contributed by atoms with Crippen molar-refractivity contribution in [2.24, 2.45) is 0 Å². The number of hydrogen-bond acceptors (Lipinski definition) is 8. The van der Waals surface area contributed by atoms with E-state index in [0.29, 0.717) is 34.8 Å². The Morgan fingerprint density at radius 2 is 1.81 bits per heavy atom. The third-order valence-electron chi connectivity index (χ3n) is 7.90. The van der Waals surface area contributed by atoms with Gasteiger partial charge in [-0.15, -0.1) is 0 Å². The van der Waals surface area contributed by atoms with E-state index < -0.39 is 0 Å². The van der Waals surface area contributed by atoms with Gasteiger partial charge < -0.3 is 25.0 Å². The molecule has 2 N–H and O–H groups in total. The Hall–Kier alpha value is -3.31. The lowest BCUT2D eigenvalue weighted by Crippen LogP contribution is -2.61. The van der Waals surface area contributed by atoms with Gasteiger partial charge in [-0.25, -0.2) is 14.4 Å². The summed E-state index contributed by atoms with van der Waals surface area (Å²) in [6.07, 6.45) is 7.61. The van der Waals surface area contributed by atoms with E-state index in [1.54, 1.807) is 31.4 Å². The highest BCUT2D eigenvalue weighted by atomic mass is 19.1. The van der Waals surface area contributed by atoms with Crippen LogP contribution in [0.4, 0.5) is 21.8 Å². The van der Waals surface area contributed by atoms with Gasteiger partial charge in [0.05, 0.1) is 11.9 Å². The number of carbonyl (C=O) groups excluding carboxylic acids is 1. The van der Waals surface area contributed by atoms with E-state index in [4.69, 9.17) is 4.98 Å². The fourth-order valence-electron chi connectivity index (χ4n) is 5.69. The predicted molar refractivity (Wildman–Crippen MR) is 141 cm³/mol. The molecule has 0 aromatic carbocycles. The number of aromatic nitrogens is 4. The molecule has 5 heterocycles. The fourth-order valence-corrected chi connectivity index (χ4v) is 5.69. The quantitative estimate of drug-likeness (QED) is 0.526. The molecule has 0 unspecified atom stereocenters. The Kier molecular flexibility index (Phi) is 6.41. The van der Waals surface area contributed by atoms with Gasteiger partial charge in [0, 0.05) is 83.1 Å². The second kappa shape index (κ2) is 9.86. The van der Waals surface area contributed by atoms with E-state index in [2.05, 4.69) is 35.0 Å². The lowest BCUT2D eigenvalue weighted by atomic mass is 10.1. The van der Waals surface area contributed by atoms with Gasteiger partial charge in [-0.2, -0.15) is 4.98 Å². The molecule has 0 bridgehead atoms. The van der Waals surface area contributed by atoms with Gasteiger partial charge in [0.25, 0.3) is 5.91 Å².